The molecule has 16 heteroatoms. The number of ether oxygens (including phenoxy) is 2. The first-order valence-corrected chi connectivity index (χ1v) is 23.4. The molecule has 0 saturated heterocycles. The minimum atomic E-state index is -1.20. The molecule has 7 aromatic rings. The van der Waals surface area contributed by atoms with Crippen LogP contribution in [0.2, 0.25) is 10.0 Å². The van der Waals surface area contributed by atoms with E-state index in [1.807, 2.05) is 89.2 Å². The zero-order valence-corrected chi connectivity index (χ0v) is 43.0. The Morgan fingerprint density at radius 2 is 1.07 bits per heavy atom. The summed E-state index contributed by atoms with van der Waals surface area (Å²) in [6.45, 7) is 23.2. The first kappa shape index (κ1) is 52.5. The molecular formula is C54H57Cl2FN8O5. The van der Waals surface area contributed by atoms with Gasteiger partial charge in [0, 0.05) is 28.9 Å². The molecule has 13 nitrogen and oxygen atoms in total. The van der Waals surface area contributed by atoms with Crippen LogP contribution in [-0.4, -0.2) is 50.8 Å². The second-order valence-corrected chi connectivity index (χ2v) is 18.7. The molecule has 1 N–H and O–H groups in total. The van der Waals surface area contributed by atoms with Crippen LogP contribution in [0.1, 0.15) is 95.4 Å². The highest BCUT2D eigenvalue weighted by atomic mass is 35.5. The van der Waals surface area contributed by atoms with Crippen LogP contribution in [0.5, 0.6) is 11.8 Å². The van der Waals surface area contributed by atoms with Gasteiger partial charge in [-0.05, 0) is 113 Å². The molecule has 8 rings (SSSR count). The summed E-state index contributed by atoms with van der Waals surface area (Å²) >= 11 is 12.8. The fraction of sp³-hybridized carbons (Fsp3) is 0.296. The molecule has 0 unspecified atom stereocenters. The molecule has 0 radical (unpaired) electrons. The molecule has 0 fully saturated rings. The third kappa shape index (κ3) is 11.9. The molecule has 0 amide bonds. The van der Waals surface area contributed by atoms with Crippen molar-refractivity contribution in [2.24, 2.45) is 0 Å². The molecule has 70 heavy (non-hydrogen) atoms. The first-order chi connectivity index (χ1) is 33.1. The maximum atomic E-state index is 13.3. The van der Waals surface area contributed by atoms with E-state index in [9.17, 15) is 19.1 Å². The minimum Gasteiger partial charge on any atom is -0.472 e. The van der Waals surface area contributed by atoms with Crippen molar-refractivity contribution in [1.29, 1.82) is 0 Å². The van der Waals surface area contributed by atoms with Crippen LogP contribution in [-0.2, 0) is 17.6 Å². The zero-order chi connectivity index (χ0) is 51.2. The van der Waals surface area contributed by atoms with E-state index in [2.05, 4.69) is 45.7 Å². The number of allylic oxidation sites excluding steroid dienone is 2. The predicted molar refractivity (Wildman–Crippen MR) is 274 cm³/mol. The number of hydrogen-bond donors (Lipinski definition) is 1. The smallest absolute Gasteiger partial charge is 0.280 e. The summed E-state index contributed by atoms with van der Waals surface area (Å²) in [5.74, 6) is 1.73. The standard InChI is InChI=1S/C26H24ClFN4O3.C26H27ClN4O2.C2H6/c1-15-5-8-18(20-11-12-29-25(31-20)26(3,4)34)13-21(15)32-16(2)30-23(22(27)24(32)33)35-14-17-6-9-19(28)10-7-17;1-15-7-10-19(15)14-33-23-22(27)24(32)31(17(3)29-23)21-13-18(9-8-16(21)2)20-11-12-28-25(30-20)26(4,5)6;1-2/h5-13,34H,14H2,1-4H3;7-13H,14H2,1-6H3;1-2H3. The van der Waals surface area contributed by atoms with Crippen molar-refractivity contribution in [3.63, 3.8) is 0 Å². The van der Waals surface area contributed by atoms with Gasteiger partial charge >= 0.3 is 0 Å². The summed E-state index contributed by atoms with van der Waals surface area (Å²) in [7, 11) is 0. The predicted octanol–water partition coefficient (Wildman–Crippen LogP) is 11.5. The molecule has 4 heterocycles. The van der Waals surface area contributed by atoms with Gasteiger partial charge in [-0.25, -0.2) is 24.3 Å². The van der Waals surface area contributed by atoms with Gasteiger partial charge in [0.1, 0.15) is 42.1 Å². The fourth-order valence-electron chi connectivity index (χ4n) is 7.05. The van der Waals surface area contributed by atoms with E-state index in [0.717, 1.165) is 44.9 Å². The lowest BCUT2D eigenvalue weighted by molar-refractivity contribution is 0.0688. The zero-order valence-electron chi connectivity index (χ0n) is 41.4. The normalized spacial score (nSPS) is 12.1. The van der Waals surface area contributed by atoms with Crippen molar-refractivity contribution in [2.45, 2.75) is 101 Å². The van der Waals surface area contributed by atoms with Gasteiger partial charge in [0.25, 0.3) is 11.1 Å². The van der Waals surface area contributed by atoms with Crippen LogP contribution in [0.3, 0.4) is 0 Å². The number of benzene rings is 3. The lowest BCUT2D eigenvalue weighted by Crippen LogP contribution is -2.24. The number of hydrogen-bond acceptors (Lipinski definition) is 11. The molecule has 0 spiro atoms. The fourth-order valence-corrected chi connectivity index (χ4v) is 7.41. The van der Waals surface area contributed by atoms with E-state index in [-0.39, 0.29) is 51.0 Å². The summed E-state index contributed by atoms with van der Waals surface area (Å²) in [6.07, 6.45) is 7.33. The Bertz CT molecular complexity index is 3240. The highest BCUT2D eigenvalue weighted by Crippen LogP contribution is 2.30. The van der Waals surface area contributed by atoms with Crippen molar-refractivity contribution >= 4 is 23.2 Å². The molecular weight excluding hydrogens is 931 g/mol. The molecule has 1 aliphatic rings. The molecule has 364 valence electrons. The van der Waals surface area contributed by atoms with E-state index < -0.39 is 11.2 Å². The van der Waals surface area contributed by atoms with Gasteiger partial charge < -0.3 is 14.6 Å². The molecule has 4 aromatic heterocycles. The third-order valence-corrected chi connectivity index (χ3v) is 11.7. The van der Waals surface area contributed by atoms with Gasteiger partial charge in [-0.3, -0.25) is 18.7 Å². The van der Waals surface area contributed by atoms with Gasteiger partial charge in [-0.2, -0.15) is 9.97 Å². The van der Waals surface area contributed by atoms with E-state index in [4.69, 9.17) is 37.7 Å². The van der Waals surface area contributed by atoms with Gasteiger partial charge in [0.2, 0.25) is 11.8 Å². The van der Waals surface area contributed by atoms with Gasteiger partial charge in [-0.1, -0.05) is 106 Å². The Kier molecular flexibility index (Phi) is 16.4. The summed E-state index contributed by atoms with van der Waals surface area (Å²) < 4.78 is 27.5. The van der Waals surface area contributed by atoms with Crippen LogP contribution < -0.4 is 20.6 Å². The topological polar surface area (TPSA) is 160 Å². The molecule has 0 aliphatic heterocycles. The first-order valence-electron chi connectivity index (χ1n) is 22.7. The van der Waals surface area contributed by atoms with Gasteiger partial charge in [0.05, 0.1) is 22.8 Å². The number of aliphatic hydroxyl groups is 1. The quantitative estimate of drug-likeness (QED) is 0.131. The number of aryl methyl sites for hydroxylation is 4. The Labute approximate surface area is 417 Å². The second kappa shape index (κ2) is 21.8. The SMILES string of the molecule is CC.CC1=C(COc2nc(C)n(-c3cc(-c4ccnc(C(C)(C)C)n4)ccc3C)c(=O)c2Cl)C=C1.Cc1ccc(-c2ccnc(C(C)(C)O)n2)cc1-n1c(C)nc(OCc2ccc(F)cc2)c(Cl)c1=O. The summed E-state index contributed by atoms with van der Waals surface area (Å²) in [5, 5.41) is 10.1. The second-order valence-electron chi connectivity index (χ2n) is 17.9. The van der Waals surface area contributed by atoms with Crippen molar-refractivity contribution < 1.29 is 19.0 Å². The Hall–Kier alpha value is -6.87. The molecule has 0 bridgehead atoms. The number of halogens is 3. The van der Waals surface area contributed by atoms with E-state index in [1.165, 1.54) is 21.3 Å². The Balaban J connectivity index is 0.000000222. The van der Waals surface area contributed by atoms with Gasteiger partial charge in [-0.15, -0.1) is 0 Å². The number of rotatable bonds is 11. The van der Waals surface area contributed by atoms with E-state index in [1.54, 1.807) is 58.3 Å². The van der Waals surface area contributed by atoms with Crippen LogP contribution >= 0.6 is 23.2 Å². The lowest BCUT2D eigenvalue weighted by atomic mass is 9.95. The Morgan fingerprint density at radius 1 is 0.614 bits per heavy atom. The van der Waals surface area contributed by atoms with Crippen molar-refractivity contribution in [3.8, 4) is 45.6 Å². The largest absolute Gasteiger partial charge is 0.472 e. The third-order valence-electron chi connectivity index (χ3n) is 11.0. The van der Waals surface area contributed by atoms with Gasteiger partial charge in [0.15, 0.2) is 15.9 Å². The highest BCUT2D eigenvalue weighted by Gasteiger charge is 2.23. The maximum absolute atomic E-state index is 13.3. The molecule has 0 saturated carbocycles. The van der Waals surface area contributed by atoms with Crippen LogP contribution in [0.25, 0.3) is 33.9 Å². The molecule has 0 atom stereocenters. The van der Waals surface area contributed by atoms with E-state index in [0.29, 0.717) is 40.9 Å². The van der Waals surface area contributed by atoms with Crippen LogP contribution in [0.15, 0.2) is 118 Å². The summed E-state index contributed by atoms with van der Waals surface area (Å²) in [5.41, 5.74) is 6.76. The molecule has 3 aromatic carbocycles. The summed E-state index contributed by atoms with van der Waals surface area (Å²) in [6, 6.07) is 20.9. The monoisotopic (exact) mass is 986 g/mol. The Morgan fingerprint density at radius 3 is 1.50 bits per heavy atom. The minimum absolute atomic E-state index is 0.00849. The van der Waals surface area contributed by atoms with Crippen molar-refractivity contribution in [1.82, 2.24) is 39.0 Å². The maximum Gasteiger partial charge on any atom is 0.280 e. The highest BCUT2D eigenvalue weighted by molar-refractivity contribution is 6.32. The lowest BCUT2D eigenvalue weighted by Gasteiger charge is -2.18. The average molecular weight is 988 g/mol. The average Bonchev–Trinajstić information content (AvgIpc) is 3.33. The van der Waals surface area contributed by atoms with Crippen LogP contribution in [0.4, 0.5) is 4.39 Å². The van der Waals surface area contributed by atoms with Crippen molar-refractivity contribution in [2.75, 3.05) is 6.61 Å². The van der Waals surface area contributed by atoms with E-state index >= 15 is 0 Å². The molecule has 1 aliphatic carbocycles. The number of aromatic nitrogens is 8. The summed E-state index contributed by atoms with van der Waals surface area (Å²) in [4.78, 5) is 53.2. The van der Waals surface area contributed by atoms with Crippen molar-refractivity contribution in [3.05, 3.63) is 185 Å². The van der Waals surface area contributed by atoms with Crippen LogP contribution in [0, 0.1) is 33.5 Å². The number of nitrogens with zero attached hydrogens (tertiary/aromatic N) is 8.